The summed E-state index contributed by atoms with van der Waals surface area (Å²) in [5.74, 6) is -0.189. The number of rotatable bonds is 10. The van der Waals surface area contributed by atoms with Gasteiger partial charge in [0, 0.05) is 44.2 Å². The number of nitrogens with one attached hydrogen (secondary N) is 2. The van der Waals surface area contributed by atoms with E-state index in [0.29, 0.717) is 42.6 Å². The van der Waals surface area contributed by atoms with Gasteiger partial charge in [0.2, 0.25) is 11.7 Å². The molecule has 0 unspecified atom stereocenters. The van der Waals surface area contributed by atoms with E-state index < -0.39 is 0 Å². The Morgan fingerprint density at radius 1 is 1.21 bits per heavy atom. The molecule has 0 aromatic carbocycles. The minimum atomic E-state index is -0.335. The van der Waals surface area contributed by atoms with Gasteiger partial charge >= 0.3 is 0 Å². The summed E-state index contributed by atoms with van der Waals surface area (Å²) in [4.78, 5) is 25.8. The first-order valence-electron chi connectivity index (χ1n) is 8.24. The summed E-state index contributed by atoms with van der Waals surface area (Å²) >= 11 is 3.11. The molecule has 0 bridgehead atoms. The zero-order chi connectivity index (χ0) is 18.1. The van der Waals surface area contributed by atoms with Crippen molar-refractivity contribution in [3.8, 4) is 0 Å². The predicted octanol–water partition coefficient (Wildman–Crippen LogP) is 2.18. The monoisotopic (exact) mass is 402 g/mol. The third kappa shape index (κ3) is 7.44. The third-order valence-electron chi connectivity index (χ3n) is 3.59. The van der Waals surface area contributed by atoms with Gasteiger partial charge in [0.15, 0.2) is 0 Å². The van der Waals surface area contributed by atoms with E-state index in [1.54, 1.807) is 0 Å². The van der Waals surface area contributed by atoms with Crippen molar-refractivity contribution in [2.75, 3.05) is 19.6 Å². The van der Waals surface area contributed by atoms with Crippen LogP contribution in [0.15, 0.2) is 15.2 Å². The molecule has 2 amide bonds. The van der Waals surface area contributed by atoms with E-state index >= 15 is 0 Å². The van der Waals surface area contributed by atoms with Crippen LogP contribution in [-0.4, -0.2) is 53.6 Å². The first kappa shape index (κ1) is 20.6. The molecular weight excluding hydrogens is 376 g/mol. The fourth-order valence-corrected chi connectivity index (χ4v) is 2.70. The maximum absolute atomic E-state index is 11.8. The summed E-state index contributed by atoms with van der Waals surface area (Å²) in [7, 11) is 0. The van der Waals surface area contributed by atoms with Gasteiger partial charge in [-0.25, -0.2) is 0 Å². The van der Waals surface area contributed by atoms with Gasteiger partial charge < -0.3 is 15.2 Å². The van der Waals surface area contributed by atoms with Crippen LogP contribution < -0.4 is 10.6 Å². The molecular formula is C16H27BrN4O3. The first-order valence-corrected chi connectivity index (χ1v) is 9.03. The summed E-state index contributed by atoms with van der Waals surface area (Å²) in [5.41, 5.74) is 0. The van der Waals surface area contributed by atoms with Gasteiger partial charge in [0.25, 0.3) is 5.91 Å². The number of amides is 2. The Morgan fingerprint density at radius 3 is 2.42 bits per heavy atom. The Hall–Kier alpha value is -1.41. The van der Waals surface area contributed by atoms with Gasteiger partial charge in [-0.2, -0.15) is 0 Å². The number of hydrogen-bond donors (Lipinski definition) is 2. The van der Waals surface area contributed by atoms with Gasteiger partial charge in [0.05, 0.1) is 0 Å². The highest BCUT2D eigenvalue weighted by Crippen LogP contribution is 2.09. The van der Waals surface area contributed by atoms with Crippen LogP contribution in [0.4, 0.5) is 0 Å². The topological polar surface area (TPSA) is 87.5 Å². The highest BCUT2D eigenvalue weighted by molar-refractivity contribution is 9.10. The van der Waals surface area contributed by atoms with Crippen molar-refractivity contribution in [3.05, 3.63) is 16.4 Å². The Bertz CT molecular complexity index is 523. The molecule has 7 nitrogen and oxygen atoms in total. The first-order chi connectivity index (χ1) is 11.3. The summed E-state index contributed by atoms with van der Waals surface area (Å²) in [6.45, 7) is 10.5. The highest BCUT2D eigenvalue weighted by atomic mass is 79.9. The lowest BCUT2D eigenvalue weighted by molar-refractivity contribution is -0.121. The average molecular weight is 403 g/mol. The normalized spacial score (nSPS) is 11.3. The summed E-state index contributed by atoms with van der Waals surface area (Å²) < 4.78 is 5.30. The molecule has 0 saturated carbocycles. The Balaban J connectivity index is 2.15. The smallest absolute Gasteiger partial charge is 0.289 e. The molecule has 0 spiro atoms. The molecule has 1 heterocycles. The van der Waals surface area contributed by atoms with Gasteiger partial charge in [-0.15, -0.1) is 0 Å². The Morgan fingerprint density at radius 2 is 1.88 bits per heavy atom. The van der Waals surface area contributed by atoms with E-state index in [-0.39, 0.29) is 17.6 Å². The average Bonchev–Trinajstić information content (AvgIpc) is 2.93. The van der Waals surface area contributed by atoms with Gasteiger partial charge in [-0.05, 0) is 50.0 Å². The summed E-state index contributed by atoms with van der Waals surface area (Å²) in [6.07, 6.45) is 0.953. The zero-order valence-corrected chi connectivity index (χ0v) is 16.4. The van der Waals surface area contributed by atoms with Crippen molar-refractivity contribution in [1.29, 1.82) is 0 Å². The molecule has 0 radical (unpaired) electrons. The van der Waals surface area contributed by atoms with E-state index in [4.69, 9.17) is 4.52 Å². The molecule has 0 aliphatic heterocycles. The molecule has 0 atom stereocenters. The summed E-state index contributed by atoms with van der Waals surface area (Å²) in [5, 5.41) is 9.19. The molecule has 8 heteroatoms. The second-order valence-electron chi connectivity index (χ2n) is 6.15. The molecule has 1 rings (SSSR count). The highest BCUT2D eigenvalue weighted by Gasteiger charge is 2.13. The van der Waals surface area contributed by atoms with Crippen molar-refractivity contribution in [1.82, 2.24) is 20.7 Å². The van der Waals surface area contributed by atoms with E-state index in [1.807, 2.05) is 0 Å². The van der Waals surface area contributed by atoms with E-state index in [1.165, 1.54) is 6.07 Å². The second-order valence-corrected chi connectivity index (χ2v) is 6.96. The second kappa shape index (κ2) is 10.5. The van der Waals surface area contributed by atoms with Crippen molar-refractivity contribution in [2.45, 2.75) is 52.6 Å². The van der Waals surface area contributed by atoms with Crippen molar-refractivity contribution >= 4 is 27.7 Å². The predicted molar refractivity (Wildman–Crippen MR) is 95.8 cm³/mol. The molecule has 1 aromatic rings. The maximum Gasteiger partial charge on any atom is 0.289 e. The number of halogens is 1. The van der Waals surface area contributed by atoms with Crippen LogP contribution in [0, 0.1) is 0 Å². The van der Waals surface area contributed by atoms with E-state index in [9.17, 15) is 9.59 Å². The molecule has 0 fully saturated rings. The third-order valence-corrected chi connectivity index (χ3v) is 3.96. The fraction of sp³-hybridized carbons (Fsp3) is 0.688. The van der Waals surface area contributed by atoms with E-state index in [2.05, 4.69) is 64.3 Å². The SMILES string of the molecule is CC(C)N(CCNC(=O)CCCNC(=O)c1cc(Br)no1)C(C)C. The molecule has 136 valence electrons. The fourth-order valence-electron chi connectivity index (χ4n) is 2.42. The number of hydrogen-bond acceptors (Lipinski definition) is 5. The number of aromatic nitrogens is 1. The van der Waals surface area contributed by atoms with Crippen LogP contribution in [0.3, 0.4) is 0 Å². The van der Waals surface area contributed by atoms with Crippen molar-refractivity contribution in [2.24, 2.45) is 0 Å². The van der Waals surface area contributed by atoms with Crippen molar-refractivity contribution in [3.63, 3.8) is 0 Å². The van der Waals surface area contributed by atoms with Crippen LogP contribution in [0.25, 0.3) is 0 Å². The molecule has 0 aliphatic rings. The van der Waals surface area contributed by atoms with Crippen LogP contribution in [0.2, 0.25) is 0 Å². The van der Waals surface area contributed by atoms with Gasteiger partial charge in [-0.1, -0.05) is 5.16 Å². The van der Waals surface area contributed by atoms with Crippen LogP contribution in [0.1, 0.15) is 51.1 Å². The number of carbonyl (C=O) groups is 2. The van der Waals surface area contributed by atoms with Gasteiger partial charge in [-0.3, -0.25) is 14.5 Å². The molecule has 1 aromatic heterocycles. The molecule has 2 N–H and O–H groups in total. The van der Waals surface area contributed by atoms with Crippen LogP contribution in [0.5, 0.6) is 0 Å². The minimum absolute atomic E-state index is 0.000814. The van der Waals surface area contributed by atoms with Crippen molar-refractivity contribution < 1.29 is 14.1 Å². The number of nitrogens with zero attached hydrogens (tertiary/aromatic N) is 2. The lowest BCUT2D eigenvalue weighted by Gasteiger charge is -2.30. The quantitative estimate of drug-likeness (QED) is 0.585. The Kier molecular flexibility index (Phi) is 8.99. The Labute approximate surface area is 151 Å². The largest absolute Gasteiger partial charge is 0.355 e. The summed E-state index contributed by atoms with van der Waals surface area (Å²) in [6, 6.07) is 2.40. The lowest BCUT2D eigenvalue weighted by atomic mass is 10.2. The molecule has 24 heavy (non-hydrogen) atoms. The van der Waals surface area contributed by atoms with Gasteiger partial charge in [0.1, 0.15) is 4.60 Å². The zero-order valence-electron chi connectivity index (χ0n) is 14.8. The van der Waals surface area contributed by atoms with E-state index in [0.717, 1.165) is 6.54 Å². The molecule has 0 aliphatic carbocycles. The van der Waals surface area contributed by atoms with Crippen LogP contribution in [-0.2, 0) is 4.79 Å². The number of carbonyl (C=O) groups excluding carboxylic acids is 2. The standard InChI is InChI=1S/C16H27BrN4O3/c1-11(2)21(12(3)4)9-8-18-15(22)6-5-7-19-16(23)13-10-14(17)20-24-13/h10-12H,5-9H2,1-4H3,(H,18,22)(H,19,23). The van der Waals surface area contributed by atoms with Crippen LogP contribution >= 0.6 is 15.9 Å². The minimum Gasteiger partial charge on any atom is -0.355 e. The maximum atomic E-state index is 11.8. The molecule has 0 saturated heterocycles. The lowest BCUT2D eigenvalue weighted by Crippen LogP contribution is -2.42.